The predicted octanol–water partition coefficient (Wildman–Crippen LogP) is 2.77. The lowest BCUT2D eigenvalue weighted by Gasteiger charge is -2.54. The summed E-state index contributed by atoms with van der Waals surface area (Å²) in [6.07, 6.45) is 5.52. The van der Waals surface area contributed by atoms with E-state index in [1.165, 1.54) is 5.56 Å². The van der Waals surface area contributed by atoms with Crippen LogP contribution in [-0.2, 0) is 0 Å². The Kier molecular flexibility index (Phi) is 2.73. The minimum Gasteiger partial charge on any atom is -0.333 e. The Labute approximate surface area is 113 Å². The summed E-state index contributed by atoms with van der Waals surface area (Å²) in [7, 11) is 0. The standard InChI is InChI=1S/C15H18N4/c1-11-4-9-17-14(18-11)19-10-15(2,3)13(19)12-5-7-16-8-6-12/h4-9,13H,10H2,1-3H3/t13-/m1/s1. The van der Waals surface area contributed by atoms with E-state index in [0.717, 1.165) is 18.2 Å². The molecule has 0 N–H and O–H groups in total. The average molecular weight is 254 g/mol. The van der Waals surface area contributed by atoms with Gasteiger partial charge in [0.25, 0.3) is 0 Å². The number of hydrogen-bond acceptors (Lipinski definition) is 4. The molecule has 0 aliphatic carbocycles. The molecule has 1 saturated heterocycles. The van der Waals surface area contributed by atoms with Crippen molar-refractivity contribution in [2.75, 3.05) is 11.4 Å². The van der Waals surface area contributed by atoms with E-state index in [-0.39, 0.29) is 5.41 Å². The number of pyridine rings is 1. The van der Waals surface area contributed by atoms with Crippen molar-refractivity contribution in [3.05, 3.63) is 48.0 Å². The van der Waals surface area contributed by atoms with Crippen LogP contribution in [0.3, 0.4) is 0 Å². The van der Waals surface area contributed by atoms with Crippen molar-refractivity contribution in [1.82, 2.24) is 15.0 Å². The summed E-state index contributed by atoms with van der Waals surface area (Å²) in [5.41, 5.74) is 2.51. The Bertz CT molecular complexity index is 580. The Morgan fingerprint density at radius 2 is 1.89 bits per heavy atom. The van der Waals surface area contributed by atoms with Crippen molar-refractivity contribution in [3.63, 3.8) is 0 Å². The minimum atomic E-state index is 0.231. The van der Waals surface area contributed by atoms with E-state index < -0.39 is 0 Å². The Morgan fingerprint density at radius 1 is 1.16 bits per heavy atom. The summed E-state index contributed by atoms with van der Waals surface area (Å²) in [5, 5.41) is 0. The van der Waals surface area contributed by atoms with Crippen LogP contribution in [0.25, 0.3) is 0 Å². The first kappa shape index (κ1) is 12.1. The summed E-state index contributed by atoms with van der Waals surface area (Å²) in [5.74, 6) is 0.820. The lowest BCUT2D eigenvalue weighted by Crippen LogP contribution is -2.56. The molecule has 0 radical (unpaired) electrons. The monoisotopic (exact) mass is 254 g/mol. The van der Waals surface area contributed by atoms with E-state index in [9.17, 15) is 0 Å². The Balaban J connectivity index is 1.96. The van der Waals surface area contributed by atoms with Crippen LogP contribution < -0.4 is 4.90 Å². The second-order valence-electron chi connectivity index (χ2n) is 5.80. The molecule has 0 amide bonds. The fraction of sp³-hybridized carbons (Fsp3) is 0.400. The molecule has 2 aromatic heterocycles. The molecule has 98 valence electrons. The highest BCUT2D eigenvalue weighted by atomic mass is 15.3. The van der Waals surface area contributed by atoms with Gasteiger partial charge in [0.15, 0.2) is 0 Å². The third kappa shape index (κ3) is 2.07. The molecule has 3 heterocycles. The van der Waals surface area contributed by atoms with E-state index >= 15 is 0 Å². The fourth-order valence-corrected chi connectivity index (χ4v) is 2.86. The van der Waals surface area contributed by atoms with E-state index in [0.29, 0.717) is 6.04 Å². The molecule has 0 saturated carbocycles. The summed E-state index contributed by atoms with van der Waals surface area (Å²) in [6.45, 7) is 7.54. The molecule has 0 aromatic carbocycles. The molecule has 1 atom stereocenters. The van der Waals surface area contributed by atoms with Gasteiger partial charge in [-0.25, -0.2) is 9.97 Å². The second kappa shape index (κ2) is 4.30. The van der Waals surface area contributed by atoms with Crippen LogP contribution in [-0.4, -0.2) is 21.5 Å². The molecule has 1 fully saturated rings. The highest BCUT2D eigenvalue weighted by Gasteiger charge is 2.47. The van der Waals surface area contributed by atoms with Gasteiger partial charge < -0.3 is 4.90 Å². The average Bonchev–Trinajstić information content (AvgIpc) is 2.37. The Morgan fingerprint density at radius 3 is 2.53 bits per heavy atom. The first-order valence-electron chi connectivity index (χ1n) is 6.54. The van der Waals surface area contributed by atoms with E-state index in [1.807, 2.05) is 31.6 Å². The lowest BCUT2D eigenvalue weighted by atomic mass is 9.72. The molecule has 4 heteroatoms. The molecule has 19 heavy (non-hydrogen) atoms. The maximum Gasteiger partial charge on any atom is 0.226 e. The number of aromatic nitrogens is 3. The number of anilines is 1. The number of nitrogens with zero attached hydrogens (tertiary/aromatic N) is 4. The van der Waals surface area contributed by atoms with E-state index in [1.54, 1.807) is 0 Å². The van der Waals surface area contributed by atoms with Crippen LogP contribution in [0.5, 0.6) is 0 Å². The van der Waals surface area contributed by atoms with Gasteiger partial charge in [0, 0.05) is 36.2 Å². The van der Waals surface area contributed by atoms with Gasteiger partial charge in [-0.3, -0.25) is 4.98 Å². The number of rotatable bonds is 2. The van der Waals surface area contributed by atoms with Crippen molar-refractivity contribution < 1.29 is 0 Å². The van der Waals surface area contributed by atoms with Gasteiger partial charge in [-0.1, -0.05) is 13.8 Å². The number of hydrogen-bond donors (Lipinski definition) is 0. The molecule has 2 aromatic rings. The molecule has 0 bridgehead atoms. The molecule has 0 unspecified atom stereocenters. The first-order chi connectivity index (χ1) is 9.08. The molecule has 3 rings (SSSR count). The molecule has 1 aliphatic rings. The van der Waals surface area contributed by atoms with E-state index in [2.05, 4.69) is 45.8 Å². The Hall–Kier alpha value is -1.97. The summed E-state index contributed by atoms with van der Waals surface area (Å²) < 4.78 is 0. The van der Waals surface area contributed by atoms with Crippen molar-refractivity contribution in [2.45, 2.75) is 26.8 Å². The van der Waals surface area contributed by atoms with Gasteiger partial charge in [-0.15, -0.1) is 0 Å². The molecular formula is C15H18N4. The van der Waals surface area contributed by atoms with Crippen LogP contribution in [0, 0.1) is 12.3 Å². The highest BCUT2D eigenvalue weighted by Crippen LogP contribution is 2.49. The third-order valence-electron chi connectivity index (χ3n) is 3.69. The molecule has 0 spiro atoms. The third-order valence-corrected chi connectivity index (χ3v) is 3.69. The van der Waals surface area contributed by atoms with Crippen molar-refractivity contribution in [1.29, 1.82) is 0 Å². The van der Waals surface area contributed by atoms with Crippen LogP contribution in [0.1, 0.15) is 31.1 Å². The zero-order valence-electron chi connectivity index (χ0n) is 11.5. The van der Waals surface area contributed by atoms with Gasteiger partial charge >= 0.3 is 0 Å². The lowest BCUT2D eigenvalue weighted by molar-refractivity contribution is 0.177. The molecule has 4 nitrogen and oxygen atoms in total. The van der Waals surface area contributed by atoms with Gasteiger partial charge in [0.1, 0.15) is 0 Å². The number of aryl methyl sites for hydroxylation is 1. The quantitative estimate of drug-likeness (QED) is 0.826. The van der Waals surface area contributed by atoms with Gasteiger partial charge in [0.05, 0.1) is 6.04 Å². The van der Waals surface area contributed by atoms with Gasteiger partial charge in [0.2, 0.25) is 5.95 Å². The normalized spacial score (nSPS) is 21.0. The van der Waals surface area contributed by atoms with Crippen molar-refractivity contribution in [2.24, 2.45) is 5.41 Å². The maximum absolute atomic E-state index is 4.54. The van der Waals surface area contributed by atoms with Crippen molar-refractivity contribution in [3.8, 4) is 0 Å². The molecular weight excluding hydrogens is 236 g/mol. The van der Waals surface area contributed by atoms with Crippen LogP contribution in [0.15, 0.2) is 36.8 Å². The first-order valence-corrected chi connectivity index (χ1v) is 6.54. The molecule has 1 aliphatic heterocycles. The summed E-state index contributed by atoms with van der Waals surface area (Å²) in [4.78, 5) is 15.3. The maximum atomic E-state index is 4.54. The van der Waals surface area contributed by atoms with Gasteiger partial charge in [-0.2, -0.15) is 0 Å². The van der Waals surface area contributed by atoms with Crippen LogP contribution >= 0.6 is 0 Å². The smallest absolute Gasteiger partial charge is 0.226 e. The topological polar surface area (TPSA) is 41.9 Å². The summed E-state index contributed by atoms with van der Waals surface area (Å²) >= 11 is 0. The van der Waals surface area contributed by atoms with Gasteiger partial charge in [-0.05, 0) is 30.7 Å². The largest absolute Gasteiger partial charge is 0.333 e. The summed E-state index contributed by atoms with van der Waals surface area (Å²) in [6, 6.07) is 6.40. The zero-order chi connectivity index (χ0) is 13.5. The second-order valence-corrected chi connectivity index (χ2v) is 5.80. The minimum absolute atomic E-state index is 0.231. The van der Waals surface area contributed by atoms with Crippen molar-refractivity contribution >= 4 is 5.95 Å². The SMILES string of the molecule is Cc1ccnc(N2CC(C)(C)[C@H]2c2ccncc2)n1. The van der Waals surface area contributed by atoms with E-state index in [4.69, 9.17) is 0 Å². The zero-order valence-corrected chi connectivity index (χ0v) is 11.5. The fourth-order valence-electron chi connectivity index (χ4n) is 2.86. The van der Waals surface area contributed by atoms with Crippen LogP contribution in [0.2, 0.25) is 0 Å². The highest BCUT2D eigenvalue weighted by molar-refractivity contribution is 5.44. The van der Waals surface area contributed by atoms with Crippen LogP contribution in [0.4, 0.5) is 5.95 Å². The predicted molar refractivity (Wildman–Crippen MR) is 74.9 cm³/mol.